The van der Waals surface area contributed by atoms with E-state index in [2.05, 4.69) is 14.9 Å². The van der Waals surface area contributed by atoms with E-state index in [0.717, 1.165) is 22.7 Å². The molecule has 0 saturated heterocycles. The molecule has 1 amide bonds. The first kappa shape index (κ1) is 11.7. The number of carbonyl (C=O) groups is 1. The van der Waals surface area contributed by atoms with Gasteiger partial charge in [-0.2, -0.15) is 0 Å². The molecule has 5 nitrogen and oxygen atoms in total. The number of benzene rings is 1. The smallest absolute Gasteiger partial charge is 0.273 e. The summed E-state index contributed by atoms with van der Waals surface area (Å²) in [6, 6.07) is 7.79. The molecule has 1 aromatic carbocycles. The summed E-state index contributed by atoms with van der Waals surface area (Å²) < 4.78 is 3.64. The van der Waals surface area contributed by atoms with Crippen LogP contribution in [0, 0.1) is 0 Å². The van der Waals surface area contributed by atoms with Crippen molar-refractivity contribution < 1.29 is 4.79 Å². The summed E-state index contributed by atoms with van der Waals surface area (Å²) in [4.78, 5) is 11.6. The fourth-order valence-corrected chi connectivity index (χ4v) is 1.77. The predicted molar refractivity (Wildman–Crippen MR) is 65.4 cm³/mol. The van der Waals surface area contributed by atoms with E-state index in [4.69, 9.17) is 5.73 Å². The Morgan fingerprint density at radius 3 is 2.59 bits per heavy atom. The maximum Gasteiger partial charge on any atom is 0.273 e. The van der Waals surface area contributed by atoms with Gasteiger partial charge in [0.15, 0.2) is 5.69 Å². The number of rotatable bonds is 4. The molecule has 1 aromatic heterocycles. The molecule has 0 unspecified atom stereocenters. The zero-order valence-electron chi connectivity index (χ0n) is 9.09. The lowest BCUT2D eigenvalue weighted by molar-refractivity contribution is 0.0946. The van der Waals surface area contributed by atoms with Crippen molar-refractivity contribution in [1.82, 2.24) is 14.9 Å². The molecule has 0 aliphatic rings. The topological polar surface area (TPSA) is 80.9 Å². The van der Waals surface area contributed by atoms with Crippen LogP contribution in [0.3, 0.4) is 0 Å². The number of amides is 1. The molecule has 2 rings (SSSR count). The number of hydrogen-bond acceptors (Lipinski definition) is 5. The second kappa shape index (κ2) is 5.51. The summed E-state index contributed by atoms with van der Waals surface area (Å²) in [6.07, 6.45) is 0. The van der Waals surface area contributed by atoms with E-state index in [1.54, 1.807) is 5.38 Å². The van der Waals surface area contributed by atoms with Gasteiger partial charge < -0.3 is 11.1 Å². The fourth-order valence-electron chi connectivity index (χ4n) is 1.33. The van der Waals surface area contributed by atoms with E-state index in [1.807, 2.05) is 24.3 Å². The summed E-state index contributed by atoms with van der Waals surface area (Å²) in [5.74, 6) is -0.207. The molecular formula is C11H12N4OS. The second-order valence-corrected chi connectivity index (χ2v) is 4.10. The van der Waals surface area contributed by atoms with E-state index >= 15 is 0 Å². The molecule has 88 valence electrons. The Morgan fingerprint density at radius 1 is 1.29 bits per heavy atom. The summed E-state index contributed by atoms with van der Waals surface area (Å²) in [5.41, 5.74) is 7.96. The quantitative estimate of drug-likeness (QED) is 0.843. The molecule has 0 radical (unpaired) electrons. The molecule has 6 heteroatoms. The maximum atomic E-state index is 11.6. The van der Waals surface area contributed by atoms with Crippen LogP contribution in [0.4, 0.5) is 0 Å². The minimum Gasteiger partial charge on any atom is -0.347 e. The molecule has 2 aromatic rings. The Kier molecular flexibility index (Phi) is 3.79. The zero-order valence-corrected chi connectivity index (χ0v) is 9.91. The van der Waals surface area contributed by atoms with E-state index in [1.165, 1.54) is 0 Å². The van der Waals surface area contributed by atoms with Gasteiger partial charge in [-0.25, -0.2) is 0 Å². The van der Waals surface area contributed by atoms with Crippen LogP contribution in [-0.2, 0) is 13.1 Å². The van der Waals surface area contributed by atoms with Gasteiger partial charge in [-0.05, 0) is 22.7 Å². The lowest BCUT2D eigenvalue weighted by Gasteiger charge is -2.04. The van der Waals surface area contributed by atoms with Gasteiger partial charge in [-0.1, -0.05) is 28.8 Å². The highest BCUT2D eigenvalue weighted by Gasteiger charge is 2.07. The van der Waals surface area contributed by atoms with Crippen LogP contribution in [0.5, 0.6) is 0 Å². The van der Waals surface area contributed by atoms with Gasteiger partial charge in [0.25, 0.3) is 5.91 Å². The van der Waals surface area contributed by atoms with Crippen LogP contribution in [0.25, 0.3) is 0 Å². The normalized spacial score (nSPS) is 10.2. The van der Waals surface area contributed by atoms with Crippen LogP contribution in [0.15, 0.2) is 29.6 Å². The largest absolute Gasteiger partial charge is 0.347 e. The SMILES string of the molecule is NCc1ccc(CNC(=O)c2csnn2)cc1. The first-order valence-corrected chi connectivity index (χ1v) is 5.96. The second-order valence-electron chi connectivity index (χ2n) is 3.49. The van der Waals surface area contributed by atoms with E-state index in [9.17, 15) is 4.79 Å². The number of hydrogen-bond donors (Lipinski definition) is 2. The van der Waals surface area contributed by atoms with Gasteiger partial charge in [-0.15, -0.1) is 5.10 Å². The Hall–Kier alpha value is -1.79. The van der Waals surface area contributed by atoms with Crippen LogP contribution in [0.1, 0.15) is 21.6 Å². The predicted octanol–water partition coefficient (Wildman–Crippen LogP) is 0.927. The van der Waals surface area contributed by atoms with E-state index < -0.39 is 0 Å². The number of nitrogens with one attached hydrogen (secondary N) is 1. The van der Waals surface area contributed by atoms with Gasteiger partial charge in [0, 0.05) is 18.5 Å². The molecule has 0 aliphatic carbocycles. The average molecular weight is 248 g/mol. The maximum absolute atomic E-state index is 11.6. The molecule has 1 heterocycles. The standard InChI is InChI=1S/C11H12N4OS/c12-5-8-1-3-9(4-2-8)6-13-11(16)10-7-17-15-14-10/h1-4,7H,5-6,12H2,(H,13,16). The van der Waals surface area contributed by atoms with Crippen molar-refractivity contribution in [2.45, 2.75) is 13.1 Å². The zero-order chi connectivity index (χ0) is 12.1. The average Bonchev–Trinajstić information content (AvgIpc) is 2.90. The van der Waals surface area contributed by atoms with Crippen LogP contribution < -0.4 is 11.1 Å². The van der Waals surface area contributed by atoms with Crippen molar-refractivity contribution >= 4 is 17.4 Å². The molecule has 0 saturated carbocycles. The number of carbonyl (C=O) groups excluding carboxylic acids is 1. The fraction of sp³-hybridized carbons (Fsp3) is 0.182. The van der Waals surface area contributed by atoms with Crippen molar-refractivity contribution in [3.05, 3.63) is 46.5 Å². The molecule has 0 aliphatic heterocycles. The Bertz CT molecular complexity index is 481. The van der Waals surface area contributed by atoms with Crippen molar-refractivity contribution in [2.24, 2.45) is 5.73 Å². The lowest BCUT2D eigenvalue weighted by Crippen LogP contribution is -2.23. The van der Waals surface area contributed by atoms with Crippen LogP contribution in [0.2, 0.25) is 0 Å². The van der Waals surface area contributed by atoms with Gasteiger partial charge in [0.05, 0.1) is 0 Å². The first-order chi connectivity index (χ1) is 8.29. The highest BCUT2D eigenvalue weighted by atomic mass is 32.1. The third kappa shape index (κ3) is 3.08. The molecule has 0 fully saturated rings. The monoisotopic (exact) mass is 248 g/mol. The van der Waals surface area contributed by atoms with Crippen molar-refractivity contribution in [2.75, 3.05) is 0 Å². The highest BCUT2D eigenvalue weighted by Crippen LogP contribution is 2.04. The minimum absolute atomic E-state index is 0.207. The number of nitrogens with two attached hydrogens (primary N) is 1. The molecule has 0 spiro atoms. The summed E-state index contributed by atoms with van der Waals surface area (Å²) in [7, 11) is 0. The van der Waals surface area contributed by atoms with Gasteiger partial charge >= 0.3 is 0 Å². The van der Waals surface area contributed by atoms with Crippen LogP contribution in [-0.4, -0.2) is 15.5 Å². The molecular weight excluding hydrogens is 236 g/mol. The number of nitrogens with zero attached hydrogens (tertiary/aromatic N) is 2. The number of aromatic nitrogens is 2. The van der Waals surface area contributed by atoms with E-state index in [0.29, 0.717) is 18.8 Å². The van der Waals surface area contributed by atoms with Gasteiger partial charge in [-0.3, -0.25) is 4.79 Å². The van der Waals surface area contributed by atoms with Gasteiger partial charge in [0.1, 0.15) is 0 Å². The summed E-state index contributed by atoms with van der Waals surface area (Å²) >= 11 is 1.16. The van der Waals surface area contributed by atoms with Crippen molar-refractivity contribution in [3.63, 3.8) is 0 Å². The third-order valence-electron chi connectivity index (χ3n) is 2.30. The van der Waals surface area contributed by atoms with E-state index in [-0.39, 0.29) is 5.91 Å². The third-order valence-corrected chi connectivity index (χ3v) is 2.81. The lowest BCUT2D eigenvalue weighted by atomic mass is 10.1. The Morgan fingerprint density at radius 2 is 2.00 bits per heavy atom. The molecule has 0 atom stereocenters. The molecule has 17 heavy (non-hydrogen) atoms. The first-order valence-electron chi connectivity index (χ1n) is 5.12. The van der Waals surface area contributed by atoms with Crippen molar-refractivity contribution in [3.8, 4) is 0 Å². The Labute approximate surface area is 103 Å². The van der Waals surface area contributed by atoms with Gasteiger partial charge in [0.2, 0.25) is 0 Å². The molecule has 0 bridgehead atoms. The van der Waals surface area contributed by atoms with Crippen molar-refractivity contribution in [1.29, 1.82) is 0 Å². The molecule has 3 N–H and O–H groups in total. The van der Waals surface area contributed by atoms with Crippen LogP contribution >= 0.6 is 11.5 Å². The minimum atomic E-state index is -0.207. The summed E-state index contributed by atoms with van der Waals surface area (Å²) in [5, 5.41) is 8.09. The summed E-state index contributed by atoms with van der Waals surface area (Å²) in [6.45, 7) is 0.998. The Balaban J connectivity index is 1.91. The highest BCUT2D eigenvalue weighted by molar-refractivity contribution is 7.03.